The number of aryl methyl sites for hydroxylation is 2. The van der Waals surface area contributed by atoms with Crippen molar-refractivity contribution in [3.05, 3.63) is 29.3 Å². The summed E-state index contributed by atoms with van der Waals surface area (Å²) < 4.78 is 5.63. The maximum Gasteiger partial charge on any atom is 0.122 e. The second-order valence-corrected chi connectivity index (χ2v) is 5.12. The number of hydrogen-bond acceptors (Lipinski definition) is 2. The molecule has 1 aliphatic rings. The fourth-order valence-corrected chi connectivity index (χ4v) is 2.41. The Kier molecular flexibility index (Phi) is 4.43. The molecule has 2 N–H and O–H groups in total. The summed E-state index contributed by atoms with van der Waals surface area (Å²) >= 11 is 0. The molecule has 0 radical (unpaired) electrons. The van der Waals surface area contributed by atoms with Gasteiger partial charge in [-0.2, -0.15) is 0 Å². The molecule has 1 heterocycles. The van der Waals surface area contributed by atoms with Gasteiger partial charge in [0.1, 0.15) is 5.75 Å². The third-order valence-corrected chi connectivity index (χ3v) is 3.56. The molecule has 0 aromatic heterocycles. The zero-order valence-electron chi connectivity index (χ0n) is 10.7. The van der Waals surface area contributed by atoms with Crippen LogP contribution in [0.3, 0.4) is 0 Å². The zero-order chi connectivity index (χ0) is 12.1. The average molecular weight is 233 g/mol. The van der Waals surface area contributed by atoms with Crippen molar-refractivity contribution in [3.8, 4) is 5.75 Å². The van der Waals surface area contributed by atoms with Gasteiger partial charge in [-0.05, 0) is 61.8 Å². The minimum atomic E-state index is 0.729. The Morgan fingerprint density at radius 3 is 3.06 bits per heavy atom. The lowest BCUT2D eigenvalue weighted by molar-refractivity contribution is 0.288. The molecule has 2 rings (SSSR count). The van der Waals surface area contributed by atoms with E-state index in [1.807, 2.05) is 0 Å². The number of ether oxygens (including phenoxy) is 1. The van der Waals surface area contributed by atoms with Gasteiger partial charge in [0.25, 0.3) is 0 Å². The minimum absolute atomic E-state index is 0.729. The highest BCUT2D eigenvalue weighted by Gasteiger charge is 2.10. The van der Waals surface area contributed by atoms with Crippen LogP contribution in [0.4, 0.5) is 0 Å². The summed E-state index contributed by atoms with van der Waals surface area (Å²) in [7, 11) is 0. The first-order chi connectivity index (χ1) is 8.29. The fraction of sp³-hybridized carbons (Fsp3) is 0.600. The first kappa shape index (κ1) is 12.4. The molecular formula is C15H23NO. The molecule has 0 aliphatic carbocycles. The van der Waals surface area contributed by atoms with Crippen molar-refractivity contribution < 1.29 is 4.74 Å². The van der Waals surface area contributed by atoms with Gasteiger partial charge in [-0.1, -0.05) is 19.1 Å². The monoisotopic (exact) mass is 233 g/mol. The Labute approximate surface area is 104 Å². The Morgan fingerprint density at radius 2 is 2.24 bits per heavy atom. The van der Waals surface area contributed by atoms with Crippen molar-refractivity contribution in [2.45, 2.75) is 39.0 Å². The van der Waals surface area contributed by atoms with Crippen LogP contribution >= 0.6 is 0 Å². The molecule has 17 heavy (non-hydrogen) atoms. The maximum absolute atomic E-state index is 5.63. The van der Waals surface area contributed by atoms with E-state index >= 15 is 0 Å². The Bertz CT molecular complexity index is 362. The van der Waals surface area contributed by atoms with Crippen LogP contribution in [-0.4, -0.2) is 13.2 Å². The van der Waals surface area contributed by atoms with Gasteiger partial charge in [0.05, 0.1) is 6.61 Å². The van der Waals surface area contributed by atoms with E-state index in [1.54, 1.807) is 0 Å². The zero-order valence-corrected chi connectivity index (χ0v) is 10.7. The summed E-state index contributed by atoms with van der Waals surface area (Å²) in [6.45, 7) is 3.97. The molecule has 0 bridgehead atoms. The summed E-state index contributed by atoms with van der Waals surface area (Å²) in [6, 6.07) is 6.67. The predicted molar refractivity (Wildman–Crippen MR) is 71.4 cm³/mol. The fourth-order valence-electron chi connectivity index (χ4n) is 2.41. The molecule has 2 nitrogen and oxygen atoms in total. The van der Waals surface area contributed by atoms with Crippen molar-refractivity contribution in [1.29, 1.82) is 0 Å². The quantitative estimate of drug-likeness (QED) is 0.848. The highest BCUT2D eigenvalue weighted by molar-refractivity contribution is 5.38. The molecule has 0 saturated heterocycles. The molecule has 1 unspecified atom stereocenters. The number of rotatable bonds is 5. The molecule has 1 aromatic carbocycles. The number of benzene rings is 1. The molecular weight excluding hydrogens is 210 g/mol. The van der Waals surface area contributed by atoms with Crippen LogP contribution in [0, 0.1) is 5.92 Å². The first-order valence-electron chi connectivity index (χ1n) is 6.74. The molecule has 94 valence electrons. The van der Waals surface area contributed by atoms with Gasteiger partial charge in [0.15, 0.2) is 0 Å². The molecule has 0 spiro atoms. The van der Waals surface area contributed by atoms with Gasteiger partial charge < -0.3 is 10.5 Å². The lowest BCUT2D eigenvalue weighted by Crippen LogP contribution is -2.09. The standard InChI is InChI=1S/C15H23NO/c1-12(8-9-16)4-5-13-6-7-15-14(11-13)3-2-10-17-15/h6-7,11-12H,2-5,8-10,16H2,1H3. The van der Waals surface area contributed by atoms with Crippen molar-refractivity contribution >= 4 is 0 Å². The topological polar surface area (TPSA) is 35.2 Å². The van der Waals surface area contributed by atoms with Crippen molar-refractivity contribution in [2.75, 3.05) is 13.2 Å². The summed E-state index contributed by atoms with van der Waals surface area (Å²) in [5.74, 6) is 1.82. The summed E-state index contributed by atoms with van der Waals surface area (Å²) in [4.78, 5) is 0. The Hall–Kier alpha value is -1.02. The van der Waals surface area contributed by atoms with Gasteiger partial charge in [0, 0.05) is 0 Å². The van der Waals surface area contributed by atoms with Crippen molar-refractivity contribution in [3.63, 3.8) is 0 Å². The van der Waals surface area contributed by atoms with Crippen LogP contribution in [0.1, 0.15) is 37.3 Å². The maximum atomic E-state index is 5.63. The van der Waals surface area contributed by atoms with Gasteiger partial charge in [-0.25, -0.2) is 0 Å². The largest absolute Gasteiger partial charge is 0.493 e. The Balaban J connectivity index is 1.93. The van der Waals surface area contributed by atoms with Crippen LogP contribution in [0.25, 0.3) is 0 Å². The van der Waals surface area contributed by atoms with E-state index in [9.17, 15) is 0 Å². The van der Waals surface area contributed by atoms with E-state index in [2.05, 4.69) is 25.1 Å². The second-order valence-electron chi connectivity index (χ2n) is 5.12. The molecule has 2 heteroatoms. The molecule has 1 aromatic rings. The highest BCUT2D eigenvalue weighted by atomic mass is 16.5. The summed E-state index contributed by atoms with van der Waals surface area (Å²) in [5, 5.41) is 0. The molecule has 0 saturated carbocycles. The van der Waals surface area contributed by atoms with Crippen molar-refractivity contribution in [2.24, 2.45) is 11.7 Å². The molecule has 0 amide bonds. The summed E-state index contributed by atoms with van der Waals surface area (Å²) in [6.07, 6.45) is 5.85. The number of nitrogens with two attached hydrogens (primary N) is 1. The SMILES string of the molecule is CC(CCN)CCc1ccc2c(c1)CCCO2. The lowest BCUT2D eigenvalue weighted by Gasteiger charge is -2.18. The van der Waals surface area contributed by atoms with Crippen molar-refractivity contribution in [1.82, 2.24) is 0 Å². The number of fused-ring (bicyclic) bond motifs is 1. The molecule has 1 atom stereocenters. The van der Waals surface area contributed by atoms with Gasteiger partial charge in [-0.3, -0.25) is 0 Å². The normalized spacial score (nSPS) is 16.1. The van der Waals surface area contributed by atoms with Crippen LogP contribution in [0.15, 0.2) is 18.2 Å². The molecule has 0 fully saturated rings. The predicted octanol–water partition coefficient (Wildman–Crippen LogP) is 2.93. The van der Waals surface area contributed by atoms with Gasteiger partial charge in [-0.15, -0.1) is 0 Å². The van der Waals surface area contributed by atoms with E-state index in [1.165, 1.54) is 24.0 Å². The third-order valence-electron chi connectivity index (χ3n) is 3.56. The lowest BCUT2D eigenvalue weighted by atomic mass is 9.96. The minimum Gasteiger partial charge on any atom is -0.493 e. The van der Waals surface area contributed by atoms with E-state index in [-0.39, 0.29) is 0 Å². The Morgan fingerprint density at radius 1 is 1.35 bits per heavy atom. The van der Waals surface area contributed by atoms with Crippen LogP contribution in [-0.2, 0) is 12.8 Å². The third kappa shape index (κ3) is 3.47. The van der Waals surface area contributed by atoms with Gasteiger partial charge >= 0.3 is 0 Å². The van der Waals surface area contributed by atoms with E-state index < -0.39 is 0 Å². The second kappa shape index (κ2) is 6.06. The van der Waals surface area contributed by atoms with E-state index in [4.69, 9.17) is 10.5 Å². The van der Waals surface area contributed by atoms with E-state index in [0.29, 0.717) is 0 Å². The number of hydrogen-bond donors (Lipinski definition) is 1. The smallest absolute Gasteiger partial charge is 0.122 e. The molecule has 1 aliphatic heterocycles. The summed E-state index contributed by atoms with van der Waals surface area (Å²) in [5.41, 5.74) is 8.40. The van der Waals surface area contributed by atoms with Crippen LogP contribution < -0.4 is 10.5 Å². The first-order valence-corrected chi connectivity index (χ1v) is 6.74. The average Bonchev–Trinajstić information content (AvgIpc) is 2.36. The highest BCUT2D eigenvalue weighted by Crippen LogP contribution is 2.26. The van der Waals surface area contributed by atoms with E-state index in [0.717, 1.165) is 44.1 Å². The van der Waals surface area contributed by atoms with Crippen LogP contribution in [0.2, 0.25) is 0 Å². The van der Waals surface area contributed by atoms with Crippen LogP contribution in [0.5, 0.6) is 5.75 Å². The van der Waals surface area contributed by atoms with Gasteiger partial charge in [0.2, 0.25) is 0 Å².